The van der Waals surface area contributed by atoms with Gasteiger partial charge in [-0.15, -0.1) is 0 Å². The smallest absolute Gasteiger partial charge is 0.326 e. The summed E-state index contributed by atoms with van der Waals surface area (Å²) in [5.41, 5.74) is 29.1. The largest absolute Gasteiger partial charge is 0.480 e. The lowest BCUT2D eigenvalue weighted by Gasteiger charge is -2.29. The van der Waals surface area contributed by atoms with Crippen molar-refractivity contribution in [2.75, 3.05) is 43.7 Å². The van der Waals surface area contributed by atoms with Crippen molar-refractivity contribution in [3.63, 3.8) is 0 Å². The van der Waals surface area contributed by atoms with Crippen LogP contribution >= 0.6 is 23.5 Å². The average Bonchev–Trinajstić information content (AvgIpc) is 4.41. The number of aromatic amines is 2. The first-order chi connectivity index (χ1) is 41.3. The van der Waals surface area contributed by atoms with Gasteiger partial charge in [-0.25, -0.2) is 14.8 Å². The molecule has 32 nitrogen and oxygen atoms in total. The van der Waals surface area contributed by atoms with E-state index in [1.165, 1.54) is 62.4 Å². The van der Waals surface area contributed by atoms with E-state index in [-0.39, 0.29) is 57.6 Å². The zero-order valence-corrected chi connectivity index (χ0v) is 51.8. The summed E-state index contributed by atoms with van der Waals surface area (Å²) >= 11 is 2.90. The molecule has 0 aliphatic carbocycles. The molecule has 0 fully saturated rings. The Balaban J connectivity index is 2.44. The molecule has 2 heterocycles. The lowest BCUT2D eigenvalue weighted by atomic mass is 9.98. The standard InChI is InChI=1S/C53H91N19O13S2/c1-7-29(4)42(52(84)85)72-49(81)38(22-31-24-60-27-63-31)68-45(77)33(11-8-9-17-54)66-48(80)37(21-30-23-59-26-62-30)69-50(82)39(25-73)70-51(83)41(28(2)3)71-47(79)35(13-14-40(56)74)67-44(76)34(12-10-18-61-53(57)58)65-46(78)36(16-20-87-6)64-43(75)32(55)15-19-86-5/h23-24,26-29,32-39,41-42,73H,7-22,25,54-55H2,1-6H3,(H2,56,74)(H,59,62)(H,60,63)(H,64,75)(H,65,78)(H,66,80)(H,67,76)(H,68,77)(H,69,82)(H,70,83)(H,71,79)(H,72,81)(H,84,85)(H4,57,58,61)/t29-,32-,33-,34-,35-,36-,37-,38-,39-,41-,42-/m0/s1. The number of nitrogens with zero attached hydrogens (tertiary/aromatic N) is 3. The third-order valence-electron chi connectivity index (χ3n) is 13.7. The lowest BCUT2D eigenvalue weighted by molar-refractivity contribution is -0.144. The van der Waals surface area contributed by atoms with Crippen molar-refractivity contribution in [2.45, 2.75) is 165 Å². The highest BCUT2D eigenvalue weighted by Crippen LogP contribution is 2.13. The Kier molecular flexibility index (Phi) is 35.4. The Labute approximate surface area is 514 Å². The fourth-order valence-corrected chi connectivity index (χ4v) is 9.40. The molecule has 2 rings (SSSR count). The second-order valence-electron chi connectivity index (χ2n) is 21.0. The molecule has 34 heteroatoms. The summed E-state index contributed by atoms with van der Waals surface area (Å²) in [6, 6.07) is -13.8. The molecule has 23 N–H and O–H groups in total. The maximum absolute atomic E-state index is 14.4. The van der Waals surface area contributed by atoms with Crippen LogP contribution in [0.5, 0.6) is 0 Å². The molecule has 0 unspecified atom stereocenters. The fourth-order valence-electron chi connectivity index (χ4n) is 8.44. The van der Waals surface area contributed by atoms with Crippen LogP contribution in [0.4, 0.5) is 0 Å². The number of carboxylic acids is 1. The number of rotatable bonds is 44. The van der Waals surface area contributed by atoms with Crippen LogP contribution in [-0.4, -0.2) is 205 Å². The summed E-state index contributed by atoms with van der Waals surface area (Å²) < 4.78 is 0. The van der Waals surface area contributed by atoms with Gasteiger partial charge >= 0.3 is 5.97 Å². The summed E-state index contributed by atoms with van der Waals surface area (Å²) in [6.07, 6.45) is 9.50. The Morgan fingerprint density at radius 3 is 1.44 bits per heavy atom. The molecule has 10 amide bonds. The number of unbranched alkanes of at least 4 members (excludes halogenated alkanes) is 1. The normalized spacial score (nSPS) is 15.0. The molecule has 87 heavy (non-hydrogen) atoms. The van der Waals surface area contributed by atoms with Gasteiger partial charge in [-0.05, 0) is 93.8 Å². The van der Waals surface area contributed by atoms with Crippen molar-refractivity contribution in [1.82, 2.24) is 67.8 Å². The minimum atomic E-state index is -1.78. The maximum atomic E-state index is 14.4. The average molecular weight is 1270 g/mol. The Morgan fingerprint density at radius 1 is 0.563 bits per heavy atom. The number of aromatic nitrogens is 4. The number of hydrogen-bond donors (Lipinski definition) is 18. The first-order valence-corrected chi connectivity index (χ1v) is 31.4. The van der Waals surface area contributed by atoms with Gasteiger partial charge in [-0.1, -0.05) is 34.1 Å². The van der Waals surface area contributed by atoms with Crippen molar-refractivity contribution >= 4 is 94.5 Å². The van der Waals surface area contributed by atoms with Crippen molar-refractivity contribution in [1.29, 1.82) is 0 Å². The van der Waals surface area contributed by atoms with Crippen LogP contribution in [0.25, 0.3) is 0 Å². The molecule has 0 aromatic carbocycles. The molecular formula is C53H91N19O13S2. The van der Waals surface area contributed by atoms with Gasteiger partial charge in [0.25, 0.3) is 0 Å². The molecule has 0 aliphatic rings. The van der Waals surface area contributed by atoms with Gasteiger partial charge in [0.15, 0.2) is 5.96 Å². The predicted octanol–water partition coefficient (Wildman–Crippen LogP) is -4.66. The first-order valence-electron chi connectivity index (χ1n) is 28.6. The van der Waals surface area contributed by atoms with Gasteiger partial charge in [0.1, 0.15) is 54.4 Å². The number of primary amides is 1. The summed E-state index contributed by atoms with van der Waals surface area (Å²) in [6.45, 7) is 5.69. The minimum Gasteiger partial charge on any atom is -0.480 e. The third kappa shape index (κ3) is 28.2. The van der Waals surface area contributed by atoms with Crippen LogP contribution in [0.3, 0.4) is 0 Å². The SMILES string of the molecule is CC[C@H](C)[C@H](NC(=O)[C@H](Cc1cnc[nH]1)NC(=O)[C@H](CCCCN)NC(=O)[C@H](Cc1cnc[nH]1)NC(=O)[C@H](CO)NC(=O)[C@@H](NC(=O)[C@H](CCC(N)=O)NC(=O)[C@H](CCCN=C(N)N)NC(=O)[C@H](CCSC)NC(=O)[C@@H](N)CCSC)C(C)C)C(=O)O. The summed E-state index contributed by atoms with van der Waals surface area (Å²) in [4.78, 5) is 168. The number of aliphatic hydroxyl groups excluding tert-OH is 1. The van der Waals surface area contributed by atoms with Gasteiger partial charge in [0.2, 0.25) is 59.1 Å². The minimum absolute atomic E-state index is 0.0143. The van der Waals surface area contributed by atoms with E-state index < -0.39 is 157 Å². The highest BCUT2D eigenvalue weighted by atomic mass is 32.2. The number of aliphatic hydroxyl groups is 1. The van der Waals surface area contributed by atoms with E-state index in [0.29, 0.717) is 48.6 Å². The number of carboxylic acid groups (broad SMARTS) is 1. The molecule has 0 saturated carbocycles. The van der Waals surface area contributed by atoms with E-state index in [4.69, 9.17) is 28.7 Å². The number of aliphatic carboxylic acids is 1. The second-order valence-corrected chi connectivity index (χ2v) is 23.0. The Bertz CT molecular complexity index is 2540. The quantitative estimate of drug-likeness (QED) is 0.0168. The molecule has 488 valence electrons. The van der Waals surface area contributed by atoms with Crippen molar-refractivity contribution in [3.05, 3.63) is 36.4 Å². The lowest BCUT2D eigenvalue weighted by Crippen LogP contribution is -2.62. The molecule has 0 bridgehead atoms. The molecule has 0 saturated heterocycles. The van der Waals surface area contributed by atoms with E-state index in [1.54, 1.807) is 20.1 Å². The number of guanidine groups is 1. The van der Waals surface area contributed by atoms with E-state index in [0.717, 1.165) is 0 Å². The molecule has 0 spiro atoms. The van der Waals surface area contributed by atoms with Crippen molar-refractivity contribution in [3.8, 4) is 0 Å². The molecule has 11 atom stereocenters. The summed E-state index contributed by atoms with van der Waals surface area (Å²) in [5, 5.41) is 43.6. The topological polar surface area (TPSA) is 536 Å². The molecule has 0 aliphatic heterocycles. The number of carbonyl (C=O) groups excluding carboxylic acids is 10. The molecule has 2 aromatic rings. The molecular weight excluding hydrogens is 1170 g/mol. The Morgan fingerprint density at radius 2 is 0.989 bits per heavy atom. The number of amides is 10. The van der Waals surface area contributed by atoms with Gasteiger partial charge in [0.05, 0.1) is 25.3 Å². The highest BCUT2D eigenvalue weighted by Gasteiger charge is 2.37. The second kappa shape index (κ2) is 40.8. The number of thioether (sulfide) groups is 2. The van der Waals surface area contributed by atoms with E-state index in [1.807, 2.05) is 6.26 Å². The van der Waals surface area contributed by atoms with Crippen molar-refractivity contribution in [2.24, 2.45) is 45.5 Å². The summed E-state index contributed by atoms with van der Waals surface area (Å²) in [7, 11) is 0. The number of H-pyrrole nitrogens is 2. The van der Waals surface area contributed by atoms with Crippen molar-refractivity contribution < 1.29 is 63.0 Å². The summed E-state index contributed by atoms with van der Waals surface area (Å²) in [5.74, 6) is -10.5. The highest BCUT2D eigenvalue weighted by molar-refractivity contribution is 7.98. The predicted molar refractivity (Wildman–Crippen MR) is 326 cm³/mol. The van der Waals surface area contributed by atoms with Crippen LogP contribution in [0.1, 0.15) is 103 Å². The Hall–Kier alpha value is -7.56. The zero-order valence-electron chi connectivity index (χ0n) is 50.2. The van der Waals surface area contributed by atoms with Crippen LogP contribution in [0.2, 0.25) is 0 Å². The number of hydrogen-bond acceptors (Lipinski definition) is 19. The monoisotopic (exact) mass is 1270 g/mol. The van der Waals surface area contributed by atoms with E-state index in [2.05, 4.69) is 72.8 Å². The number of aliphatic imine (C=N–C) groups is 1. The van der Waals surface area contributed by atoms with Gasteiger partial charge in [0, 0.05) is 49.6 Å². The number of imidazole rings is 2. The number of carbonyl (C=O) groups is 11. The van der Waals surface area contributed by atoms with Crippen LogP contribution in [0, 0.1) is 11.8 Å². The number of nitrogens with two attached hydrogens (primary N) is 5. The van der Waals surface area contributed by atoms with Crippen LogP contribution in [0.15, 0.2) is 30.0 Å². The first kappa shape index (κ1) is 75.5. The van der Waals surface area contributed by atoms with Crippen LogP contribution < -0.4 is 76.5 Å². The van der Waals surface area contributed by atoms with Gasteiger partial charge in [-0.3, -0.25) is 52.9 Å². The number of nitrogens with one attached hydrogen (secondary N) is 11. The van der Waals surface area contributed by atoms with E-state index in [9.17, 15) is 63.0 Å². The van der Waals surface area contributed by atoms with Crippen LogP contribution in [-0.2, 0) is 65.6 Å². The van der Waals surface area contributed by atoms with E-state index >= 15 is 0 Å². The maximum Gasteiger partial charge on any atom is 0.326 e. The molecule has 2 aromatic heterocycles. The third-order valence-corrected chi connectivity index (χ3v) is 15.0. The zero-order chi connectivity index (χ0) is 65.2. The molecule has 0 radical (unpaired) electrons. The fraction of sp³-hybridized carbons (Fsp3) is 0.660. The van der Waals surface area contributed by atoms with Gasteiger partial charge in [-0.2, -0.15) is 23.5 Å². The van der Waals surface area contributed by atoms with Gasteiger partial charge < -0.3 is 96.7 Å².